The standard InChI is InChI=1S/C29H32F2N4O4/c1-29(2,3)39-28(37)32-14-7-6-9-18-12-13-20-21(15-18)35-22(16-23(34(4)5)26(35)33-20)25-19(17-36)10-8-11-24(25)38-27(30)31/h8,10-13,15,17,22-23,27H,7,14,16H2,1-5H3,(H,32,37). The number of alkyl halides is 2. The zero-order valence-corrected chi connectivity index (χ0v) is 22.6. The highest BCUT2D eigenvalue weighted by Gasteiger charge is 2.38. The van der Waals surface area contributed by atoms with Crippen LogP contribution in [0.3, 0.4) is 0 Å². The van der Waals surface area contributed by atoms with Gasteiger partial charge in [-0.25, -0.2) is 9.78 Å². The number of hydrogen-bond acceptors (Lipinski definition) is 6. The molecule has 0 bridgehead atoms. The smallest absolute Gasteiger partial charge is 0.407 e. The Kier molecular flexibility index (Phi) is 8.21. The fourth-order valence-corrected chi connectivity index (χ4v) is 4.79. The number of benzene rings is 2. The number of carbonyl (C=O) groups is 2. The molecule has 39 heavy (non-hydrogen) atoms. The lowest BCUT2D eigenvalue weighted by Crippen LogP contribution is -2.32. The van der Waals surface area contributed by atoms with Gasteiger partial charge in [0.05, 0.1) is 23.1 Å². The summed E-state index contributed by atoms with van der Waals surface area (Å²) in [4.78, 5) is 30.6. The van der Waals surface area contributed by atoms with Gasteiger partial charge in [-0.05, 0) is 65.6 Å². The molecule has 1 aliphatic rings. The highest BCUT2D eigenvalue weighted by molar-refractivity contribution is 5.82. The summed E-state index contributed by atoms with van der Waals surface area (Å²) in [6.45, 7) is 2.71. The summed E-state index contributed by atoms with van der Waals surface area (Å²) >= 11 is 0. The number of amides is 1. The van der Waals surface area contributed by atoms with Gasteiger partial charge in [0.15, 0.2) is 6.29 Å². The second-order valence-corrected chi connectivity index (χ2v) is 10.5. The van der Waals surface area contributed by atoms with Gasteiger partial charge < -0.3 is 19.4 Å². The van der Waals surface area contributed by atoms with Crippen molar-refractivity contribution in [2.45, 2.75) is 57.9 Å². The first-order valence-corrected chi connectivity index (χ1v) is 12.7. The van der Waals surface area contributed by atoms with Crippen LogP contribution in [0.1, 0.15) is 73.0 Å². The van der Waals surface area contributed by atoms with Crippen molar-refractivity contribution in [3.05, 3.63) is 58.9 Å². The average Bonchev–Trinajstić information content (AvgIpc) is 3.39. The van der Waals surface area contributed by atoms with Gasteiger partial charge in [-0.2, -0.15) is 8.78 Å². The molecule has 0 saturated heterocycles. The van der Waals surface area contributed by atoms with Crippen molar-refractivity contribution in [2.75, 3.05) is 20.6 Å². The Morgan fingerprint density at radius 1 is 1.28 bits per heavy atom. The van der Waals surface area contributed by atoms with Crippen LogP contribution >= 0.6 is 0 Å². The van der Waals surface area contributed by atoms with Gasteiger partial charge in [-0.15, -0.1) is 0 Å². The number of ether oxygens (including phenoxy) is 2. The molecule has 0 aliphatic carbocycles. The van der Waals surface area contributed by atoms with Crippen LogP contribution in [-0.4, -0.2) is 59.7 Å². The Hall–Kier alpha value is -3.97. The van der Waals surface area contributed by atoms with Crippen molar-refractivity contribution in [1.82, 2.24) is 19.8 Å². The van der Waals surface area contributed by atoms with E-state index < -0.39 is 24.3 Å². The molecule has 4 rings (SSSR count). The zero-order chi connectivity index (χ0) is 28.3. The number of nitrogens with zero attached hydrogens (tertiary/aromatic N) is 3. The number of hydrogen-bond donors (Lipinski definition) is 1. The van der Waals surface area contributed by atoms with E-state index in [1.54, 1.807) is 26.8 Å². The number of rotatable bonds is 7. The van der Waals surface area contributed by atoms with E-state index in [1.165, 1.54) is 12.1 Å². The first-order valence-electron chi connectivity index (χ1n) is 12.7. The predicted molar refractivity (Wildman–Crippen MR) is 143 cm³/mol. The first-order chi connectivity index (χ1) is 18.5. The minimum atomic E-state index is -3.03. The number of halogens is 2. The van der Waals surface area contributed by atoms with Gasteiger partial charge >= 0.3 is 12.7 Å². The highest BCUT2D eigenvalue weighted by atomic mass is 19.3. The maximum Gasteiger partial charge on any atom is 0.407 e. The van der Waals surface area contributed by atoms with Gasteiger partial charge in [0.1, 0.15) is 17.2 Å². The van der Waals surface area contributed by atoms with Gasteiger partial charge in [0, 0.05) is 29.7 Å². The van der Waals surface area contributed by atoms with Crippen molar-refractivity contribution in [3.8, 4) is 17.6 Å². The van der Waals surface area contributed by atoms with E-state index in [2.05, 4.69) is 17.2 Å². The summed E-state index contributed by atoms with van der Waals surface area (Å²) in [6.07, 6.45) is 1.13. The lowest BCUT2D eigenvalue weighted by molar-refractivity contribution is -0.0507. The molecule has 206 valence electrons. The largest absolute Gasteiger partial charge is 0.444 e. The second kappa shape index (κ2) is 11.4. The van der Waals surface area contributed by atoms with Crippen molar-refractivity contribution >= 4 is 23.4 Å². The molecular formula is C29H32F2N4O4. The van der Waals surface area contributed by atoms with Gasteiger partial charge in [0.25, 0.3) is 0 Å². The molecule has 2 heterocycles. The van der Waals surface area contributed by atoms with Crippen LogP contribution in [0.15, 0.2) is 36.4 Å². The maximum absolute atomic E-state index is 13.3. The number of carbonyl (C=O) groups excluding carboxylic acids is 2. The molecule has 1 aromatic heterocycles. The molecule has 0 saturated carbocycles. The van der Waals surface area contributed by atoms with Crippen LogP contribution in [0.4, 0.5) is 13.6 Å². The maximum atomic E-state index is 13.3. The van der Waals surface area contributed by atoms with Gasteiger partial charge in [-0.1, -0.05) is 24.0 Å². The molecular weight excluding hydrogens is 506 g/mol. The molecule has 10 heteroatoms. The van der Waals surface area contributed by atoms with E-state index >= 15 is 0 Å². The summed E-state index contributed by atoms with van der Waals surface area (Å²) in [5, 5.41) is 2.68. The summed E-state index contributed by atoms with van der Waals surface area (Å²) in [7, 11) is 3.86. The lowest BCUT2D eigenvalue weighted by atomic mass is 9.96. The topological polar surface area (TPSA) is 85.7 Å². The van der Waals surface area contributed by atoms with Gasteiger partial charge in [-0.3, -0.25) is 9.69 Å². The molecule has 1 N–H and O–H groups in total. The second-order valence-electron chi connectivity index (χ2n) is 10.5. The van der Waals surface area contributed by atoms with Crippen LogP contribution in [0, 0.1) is 11.8 Å². The molecule has 3 aromatic rings. The zero-order valence-electron chi connectivity index (χ0n) is 22.6. The average molecular weight is 539 g/mol. The Balaban J connectivity index is 1.67. The van der Waals surface area contributed by atoms with E-state index in [0.29, 0.717) is 36.8 Å². The number of alkyl carbamates (subject to hydrolysis) is 1. The van der Waals surface area contributed by atoms with Crippen LogP contribution in [-0.2, 0) is 4.74 Å². The Morgan fingerprint density at radius 3 is 2.72 bits per heavy atom. The molecule has 1 aliphatic heterocycles. The van der Waals surface area contributed by atoms with E-state index in [0.717, 1.165) is 22.4 Å². The fourth-order valence-electron chi connectivity index (χ4n) is 4.79. The number of fused-ring (bicyclic) bond motifs is 3. The molecule has 2 unspecified atom stereocenters. The molecule has 0 spiro atoms. The SMILES string of the molecule is CN(C)C1CC(c2c(C=O)cccc2OC(F)F)n2c1nc1ccc(C#CCCNC(=O)OC(C)(C)C)cc12. The molecule has 8 nitrogen and oxygen atoms in total. The Morgan fingerprint density at radius 2 is 2.05 bits per heavy atom. The summed E-state index contributed by atoms with van der Waals surface area (Å²) in [5.41, 5.74) is 2.38. The fraction of sp³-hybridized carbons (Fsp3) is 0.414. The van der Waals surface area contributed by atoms with Crippen LogP contribution < -0.4 is 10.1 Å². The monoisotopic (exact) mass is 538 g/mol. The van der Waals surface area contributed by atoms with Crippen LogP contribution in [0.25, 0.3) is 11.0 Å². The van der Waals surface area contributed by atoms with Crippen molar-refractivity contribution < 1.29 is 27.8 Å². The summed E-state index contributed by atoms with van der Waals surface area (Å²) in [5.74, 6) is 6.92. The van der Waals surface area contributed by atoms with Crippen molar-refractivity contribution in [2.24, 2.45) is 0 Å². The number of nitrogens with one attached hydrogen (secondary N) is 1. The van der Waals surface area contributed by atoms with E-state index in [1.807, 2.05) is 41.8 Å². The van der Waals surface area contributed by atoms with Crippen molar-refractivity contribution in [3.63, 3.8) is 0 Å². The molecule has 2 atom stereocenters. The summed E-state index contributed by atoms with van der Waals surface area (Å²) in [6, 6.07) is 9.68. The Labute approximate surface area is 226 Å². The minimum Gasteiger partial charge on any atom is -0.444 e. The summed E-state index contributed by atoms with van der Waals surface area (Å²) < 4.78 is 38.6. The third kappa shape index (κ3) is 6.37. The van der Waals surface area contributed by atoms with E-state index in [4.69, 9.17) is 14.5 Å². The highest BCUT2D eigenvalue weighted by Crippen LogP contribution is 2.46. The first kappa shape index (κ1) is 28.0. The Bertz CT molecular complexity index is 1430. The number of aromatic nitrogens is 2. The van der Waals surface area contributed by atoms with E-state index in [9.17, 15) is 18.4 Å². The third-order valence-electron chi connectivity index (χ3n) is 6.32. The van der Waals surface area contributed by atoms with Crippen molar-refractivity contribution in [1.29, 1.82) is 0 Å². The minimum absolute atomic E-state index is 0.0276. The molecule has 1 amide bonds. The molecule has 2 aromatic carbocycles. The molecule has 0 fully saturated rings. The van der Waals surface area contributed by atoms with Crippen LogP contribution in [0.5, 0.6) is 5.75 Å². The predicted octanol–water partition coefficient (Wildman–Crippen LogP) is 5.31. The van der Waals surface area contributed by atoms with Crippen LogP contribution in [0.2, 0.25) is 0 Å². The lowest BCUT2D eigenvalue weighted by Gasteiger charge is -2.22. The third-order valence-corrected chi connectivity index (χ3v) is 6.32. The quantitative estimate of drug-likeness (QED) is 0.249. The molecule has 0 radical (unpaired) electrons. The number of imidazole rings is 1. The van der Waals surface area contributed by atoms with Gasteiger partial charge in [0.2, 0.25) is 0 Å². The normalized spacial score (nSPS) is 16.6. The van der Waals surface area contributed by atoms with E-state index in [-0.39, 0.29) is 11.8 Å². The number of aldehydes is 1.